The smallest absolute Gasteiger partial charge is 0.0105 e. The van der Waals surface area contributed by atoms with Gasteiger partial charge in [0.15, 0.2) is 0 Å². The molecule has 1 aliphatic heterocycles. The molecule has 0 aromatic carbocycles. The van der Waals surface area contributed by atoms with E-state index in [0.29, 0.717) is 0 Å². The molecule has 0 aromatic rings. The van der Waals surface area contributed by atoms with Gasteiger partial charge in [0.1, 0.15) is 0 Å². The van der Waals surface area contributed by atoms with Gasteiger partial charge in [0.2, 0.25) is 0 Å². The van der Waals surface area contributed by atoms with Crippen molar-refractivity contribution in [2.75, 3.05) is 39.8 Å². The molecule has 1 heterocycles. The molecule has 1 saturated heterocycles. The zero-order valence-electron chi connectivity index (χ0n) is 8.05. The van der Waals surface area contributed by atoms with Crippen molar-refractivity contribution in [2.45, 2.75) is 12.8 Å². The second-order valence-corrected chi connectivity index (χ2v) is 3.63. The van der Waals surface area contributed by atoms with Crippen LogP contribution in [0.5, 0.6) is 0 Å². The Labute approximate surface area is 75.3 Å². The summed E-state index contributed by atoms with van der Waals surface area (Å²) in [5.74, 6) is 0.893. The highest BCUT2D eigenvalue weighted by atomic mass is 15.1. The van der Waals surface area contributed by atoms with E-state index in [0.717, 1.165) is 19.0 Å². The Balaban J connectivity index is 2.11. The first-order chi connectivity index (χ1) is 5.86. The number of nitrogens with two attached hydrogens (primary N) is 1. The van der Waals surface area contributed by atoms with Crippen LogP contribution < -0.4 is 11.1 Å². The standard InChI is InChI=1S/C9H21N3/c1-11-8-9-2-5-12(6-3-9)7-4-10/h9,11H,2-8,10H2,1H3. The molecule has 0 aromatic heterocycles. The highest BCUT2D eigenvalue weighted by Gasteiger charge is 2.17. The number of rotatable bonds is 4. The van der Waals surface area contributed by atoms with Gasteiger partial charge in [-0.25, -0.2) is 0 Å². The average Bonchev–Trinajstić information content (AvgIpc) is 2.09. The van der Waals surface area contributed by atoms with Gasteiger partial charge in [-0.2, -0.15) is 0 Å². The van der Waals surface area contributed by atoms with Crippen molar-refractivity contribution in [3.05, 3.63) is 0 Å². The summed E-state index contributed by atoms with van der Waals surface area (Å²) in [6.45, 7) is 5.53. The van der Waals surface area contributed by atoms with Crippen molar-refractivity contribution in [3.8, 4) is 0 Å². The van der Waals surface area contributed by atoms with Crippen LogP contribution in [0.25, 0.3) is 0 Å². The maximum absolute atomic E-state index is 5.50. The maximum Gasteiger partial charge on any atom is 0.0105 e. The first-order valence-corrected chi connectivity index (χ1v) is 4.94. The van der Waals surface area contributed by atoms with Crippen molar-refractivity contribution in [3.63, 3.8) is 0 Å². The number of nitrogens with zero attached hydrogens (tertiary/aromatic N) is 1. The Bertz CT molecular complexity index is 94.3. The molecule has 0 bridgehead atoms. The molecule has 3 heteroatoms. The van der Waals surface area contributed by atoms with E-state index in [-0.39, 0.29) is 0 Å². The van der Waals surface area contributed by atoms with Crippen molar-refractivity contribution < 1.29 is 0 Å². The normalized spacial score (nSPS) is 21.5. The fraction of sp³-hybridized carbons (Fsp3) is 1.00. The van der Waals surface area contributed by atoms with Crippen LogP contribution in [0.3, 0.4) is 0 Å². The van der Waals surface area contributed by atoms with E-state index in [2.05, 4.69) is 10.2 Å². The monoisotopic (exact) mass is 171 g/mol. The van der Waals surface area contributed by atoms with Crippen molar-refractivity contribution in [1.29, 1.82) is 0 Å². The lowest BCUT2D eigenvalue weighted by Crippen LogP contribution is -2.39. The van der Waals surface area contributed by atoms with E-state index in [4.69, 9.17) is 5.73 Å². The van der Waals surface area contributed by atoms with Crippen LogP contribution >= 0.6 is 0 Å². The minimum atomic E-state index is 0.802. The summed E-state index contributed by atoms with van der Waals surface area (Å²) >= 11 is 0. The topological polar surface area (TPSA) is 41.3 Å². The summed E-state index contributed by atoms with van der Waals surface area (Å²) in [6.07, 6.45) is 2.67. The van der Waals surface area contributed by atoms with Gasteiger partial charge in [-0.3, -0.25) is 0 Å². The van der Waals surface area contributed by atoms with Gasteiger partial charge in [0.05, 0.1) is 0 Å². The summed E-state index contributed by atoms with van der Waals surface area (Å²) in [6, 6.07) is 0. The molecule has 1 rings (SSSR count). The number of nitrogens with one attached hydrogen (secondary N) is 1. The predicted molar refractivity (Wildman–Crippen MR) is 52.1 cm³/mol. The van der Waals surface area contributed by atoms with Gasteiger partial charge in [0.25, 0.3) is 0 Å². The van der Waals surface area contributed by atoms with E-state index in [9.17, 15) is 0 Å². The quantitative estimate of drug-likeness (QED) is 0.619. The van der Waals surface area contributed by atoms with Crippen molar-refractivity contribution in [2.24, 2.45) is 11.7 Å². The molecule has 0 spiro atoms. The third-order valence-corrected chi connectivity index (χ3v) is 2.65. The lowest BCUT2D eigenvalue weighted by Gasteiger charge is -2.31. The van der Waals surface area contributed by atoms with Gasteiger partial charge < -0.3 is 16.0 Å². The molecule has 0 saturated carbocycles. The van der Waals surface area contributed by atoms with Gasteiger partial charge >= 0.3 is 0 Å². The number of piperidine rings is 1. The lowest BCUT2D eigenvalue weighted by molar-refractivity contribution is 0.188. The molecule has 0 amide bonds. The van der Waals surface area contributed by atoms with Crippen LogP contribution in [0, 0.1) is 5.92 Å². The Morgan fingerprint density at radius 1 is 1.42 bits per heavy atom. The predicted octanol–water partition coefficient (Wildman–Crippen LogP) is -0.123. The Morgan fingerprint density at radius 3 is 2.58 bits per heavy atom. The van der Waals surface area contributed by atoms with Crippen LogP contribution in [0.1, 0.15) is 12.8 Å². The molecule has 72 valence electrons. The van der Waals surface area contributed by atoms with E-state index < -0.39 is 0 Å². The molecular weight excluding hydrogens is 150 g/mol. The van der Waals surface area contributed by atoms with Gasteiger partial charge in [0, 0.05) is 13.1 Å². The number of likely N-dealkylation sites (tertiary alicyclic amines) is 1. The fourth-order valence-electron chi connectivity index (χ4n) is 1.89. The number of hydrogen-bond acceptors (Lipinski definition) is 3. The van der Waals surface area contributed by atoms with Gasteiger partial charge in [-0.15, -0.1) is 0 Å². The SMILES string of the molecule is CNCC1CCN(CCN)CC1. The first-order valence-electron chi connectivity index (χ1n) is 4.94. The summed E-state index contributed by atoms with van der Waals surface area (Å²) in [7, 11) is 2.03. The average molecular weight is 171 g/mol. The largest absolute Gasteiger partial charge is 0.329 e. The van der Waals surface area contributed by atoms with E-state index in [1.165, 1.54) is 32.5 Å². The minimum Gasteiger partial charge on any atom is -0.329 e. The van der Waals surface area contributed by atoms with Crippen LogP contribution in [-0.2, 0) is 0 Å². The molecule has 0 atom stereocenters. The second kappa shape index (κ2) is 5.51. The zero-order valence-corrected chi connectivity index (χ0v) is 8.05. The third-order valence-electron chi connectivity index (χ3n) is 2.65. The molecule has 12 heavy (non-hydrogen) atoms. The summed E-state index contributed by atoms with van der Waals surface area (Å²) in [5.41, 5.74) is 5.50. The first kappa shape index (κ1) is 9.96. The molecule has 0 radical (unpaired) electrons. The molecule has 1 fully saturated rings. The minimum absolute atomic E-state index is 0.802. The summed E-state index contributed by atoms with van der Waals surface area (Å²) in [5, 5.41) is 3.24. The highest BCUT2D eigenvalue weighted by molar-refractivity contribution is 4.73. The van der Waals surface area contributed by atoms with Gasteiger partial charge in [-0.1, -0.05) is 0 Å². The van der Waals surface area contributed by atoms with E-state index in [1.54, 1.807) is 0 Å². The molecule has 3 nitrogen and oxygen atoms in total. The van der Waals surface area contributed by atoms with Crippen LogP contribution in [0.4, 0.5) is 0 Å². The van der Waals surface area contributed by atoms with E-state index >= 15 is 0 Å². The van der Waals surface area contributed by atoms with Crippen LogP contribution in [-0.4, -0.2) is 44.7 Å². The third kappa shape index (κ3) is 3.09. The van der Waals surface area contributed by atoms with Crippen molar-refractivity contribution in [1.82, 2.24) is 10.2 Å². The van der Waals surface area contributed by atoms with Crippen molar-refractivity contribution >= 4 is 0 Å². The summed E-state index contributed by atoms with van der Waals surface area (Å²) in [4.78, 5) is 2.46. The zero-order chi connectivity index (χ0) is 8.81. The maximum atomic E-state index is 5.50. The van der Waals surface area contributed by atoms with E-state index in [1.807, 2.05) is 7.05 Å². The Morgan fingerprint density at radius 2 is 2.08 bits per heavy atom. The molecule has 3 N–H and O–H groups in total. The molecular formula is C9H21N3. The highest BCUT2D eigenvalue weighted by Crippen LogP contribution is 2.15. The fourth-order valence-corrected chi connectivity index (χ4v) is 1.89. The Hall–Kier alpha value is -0.120. The molecule has 0 aliphatic carbocycles. The number of hydrogen-bond donors (Lipinski definition) is 2. The van der Waals surface area contributed by atoms with Gasteiger partial charge in [-0.05, 0) is 45.4 Å². The van der Waals surface area contributed by atoms with Crippen LogP contribution in [0.15, 0.2) is 0 Å². The lowest BCUT2D eigenvalue weighted by atomic mass is 9.97. The van der Waals surface area contributed by atoms with Crippen LogP contribution in [0.2, 0.25) is 0 Å². The molecule has 0 unspecified atom stereocenters. The second-order valence-electron chi connectivity index (χ2n) is 3.63. The summed E-state index contributed by atoms with van der Waals surface area (Å²) < 4.78 is 0. The molecule has 1 aliphatic rings. The Kier molecular flexibility index (Phi) is 4.58.